The maximum Gasteiger partial charge on any atom is 0.0399 e. The molecule has 2 aromatic rings. The van der Waals surface area contributed by atoms with Gasteiger partial charge in [0.05, 0.1) is 0 Å². The molecule has 126 valence electrons. The third kappa shape index (κ3) is 4.27. The normalized spacial score (nSPS) is 16.5. The Kier molecular flexibility index (Phi) is 5.37. The van der Waals surface area contributed by atoms with Crippen LogP contribution in [0.2, 0.25) is 0 Å². The van der Waals surface area contributed by atoms with Crippen molar-refractivity contribution in [3.63, 3.8) is 0 Å². The second-order valence-electron chi connectivity index (χ2n) is 6.95. The van der Waals surface area contributed by atoms with Crippen LogP contribution in [0.15, 0.2) is 54.1 Å². The summed E-state index contributed by atoms with van der Waals surface area (Å²) in [6.07, 6.45) is 2.30. The van der Waals surface area contributed by atoms with Gasteiger partial charge in [-0.2, -0.15) is 0 Å². The zero-order chi connectivity index (χ0) is 16.9. The lowest BCUT2D eigenvalue weighted by Crippen LogP contribution is -2.47. The van der Waals surface area contributed by atoms with Gasteiger partial charge in [0.1, 0.15) is 0 Å². The number of aryl methyl sites for hydroxylation is 2. The molecule has 0 N–H and O–H groups in total. The fourth-order valence-electron chi connectivity index (χ4n) is 3.44. The van der Waals surface area contributed by atoms with Gasteiger partial charge < -0.3 is 4.90 Å². The van der Waals surface area contributed by atoms with Crippen molar-refractivity contribution in [2.24, 2.45) is 0 Å². The second kappa shape index (κ2) is 7.67. The van der Waals surface area contributed by atoms with Crippen molar-refractivity contribution in [3.05, 3.63) is 70.8 Å². The predicted octanol–water partition coefficient (Wildman–Crippen LogP) is 4.53. The average Bonchev–Trinajstić information content (AvgIpc) is 2.59. The minimum Gasteiger partial charge on any atom is -0.369 e. The van der Waals surface area contributed by atoms with Gasteiger partial charge in [0, 0.05) is 38.4 Å². The molecule has 2 nitrogen and oxygen atoms in total. The van der Waals surface area contributed by atoms with Crippen LogP contribution in [0.1, 0.15) is 23.6 Å². The summed E-state index contributed by atoms with van der Waals surface area (Å²) in [5, 5.41) is 0. The molecule has 0 radical (unpaired) electrons. The number of benzene rings is 2. The first-order valence-corrected chi connectivity index (χ1v) is 8.88. The van der Waals surface area contributed by atoms with Crippen LogP contribution in [0, 0.1) is 13.8 Å². The van der Waals surface area contributed by atoms with Crippen molar-refractivity contribution in [1.82, 2.24) is 4.90 Å². The number of anilines is 1. The largest absolute Gasteiger partial charge is 0.369 e. The topological polar surface area (TPSA) is 6.48 Å². The fourth-order valence-corrected chi connectivity index (χ4v) is 3.44. The van der Waals surface area contributed by atoms with Gasteiger partial charge in [0.2, 0.25) is 0 Å². The molecule has 0 aliphatic carbocycles. The number of hydrogen-bond donors (Lipinski definition) is 0. The Morgan fingerprint density at radius 1 is 0.958 bits per heavy atom. The summed E-state index contributed by atoms with van der Waals surface area (Å²) < 4.78 is 0. The molecule has 1 heterocycles. The van der Waals surface area contributed by atoms with Crippen LogP contribution in [-0.2, 0) is 0 Å². The monoisotopic (exact) mass is 320 g/mol. The van der Waals surface area contributed by atoms with Crippen LogP contribution >= 0.6 is 0 Å². The zero-order valence-corrected chi connectivity index (χ0v) is 15.1. The summed E-state index contributed by atoms with van der Waals surface area (Å²) in [6.45, 7) is 12.2. The Morgan fingerprint density at radius 2 is 1.67 bits per heavy atom. The van der Waals surface area contributed by atoms with Gasteiger partial charge in [0.15, 0.2) is 0 Å². The van der Waals surface area contributed by atoms with Crippen LogP contribution in [0.5, 0.6) is 0 Å². The lowest BCUT2D eigenvalue weighted by atomic mass is 10.1. The molecule has 3 rings (SSSR count). The molecule has 0 bridgehead atoms. The Balaban J connectivity index is 1.57. The first-order valence-electron chi connectivity index (χ1n) is 8.88. The van der Waals surface area contributed by atoms with E-state index >= 15 is 0 Å². The highest BCUT2D eigenvalue weighted by atomic mass is 15.3. The maximum atomic E-state index is 2.57. The summed E-state index contributed by atoms with van der Waals surface area (Å²) in [6, 6.07) is 17.4. The maximum absolute atomic E-state index is 2.57. The van der Waals surface area contributed by atoms with Crippen molar-refractivity contribution in [1.29, 1.82) is 0 Å². The third-order valence-corrected chi connectivity index (χ3v) is 4.76. The van der Waals surface area contributed by atoms with Gasteiger partial charge >= 0.3 is 0 Å². The molecule has 0 saturated carbocycles. The van der Waals surface area contributed by atoms with Crippen LogP contribution in [0.25, 0.3) is 6.08 Å². The Bertz CT molecular complexity index is 695. The van der Waals surface area contributed by atoms with E-state index in [-0.39, 0.29) is 0 Å². The molecule has 1 fully saturated rings. The van der Waals surface area contributed by atoms with E-state index in [1.54, 1.807) is 0 Å². The van der Waals surface area contributed by atoms with E-state index in [0.717, 1.165) is 32.7 Å². The highest BCUT2D eigenvalue weighted by Crippen LogP contribution is 2.23. The molecule has 0 amide bonds. The molecule has 1 saturated heterocycles. The molecule has 1 aliphatic heterocycles. The summed E-state index contributed by atoms with van der Waals surface area (Å²) >= 11 is 0. The Hall–Kier alpha value is -2.06. The molecule has 0 unspecified atom stereocenters. The average molecular weight is 320 g/mol. The molecule has 2 aromatic carbocycles. The Morgan fingerprint density at radius 3 is 2.38 bits per heavy atom. The number of hydrogen-bond acceptors (Lipinski definition) is 2. The van der Waals surface area contributed by atoms with Gasteiger partial charge in [-0.05, 0) is 43.5 Å². The van der Waals surface area contributed by atoms with Crippen LogP contribution in [0.3, 0.4) is 0 Å². The summed E-state index contributed by atoms with van der Waals surface area (Å²) in [5.41, 5.74) is 6.87. The standard InChI is InChI=1S/C22H28N2/c1-18-9-10-20(3)22(16-18)24-13-11-23(12-14-24)17-19(2)15-21-7-5-4-6-8-21/h4-10,15-16H,11-14,17H2,1-3H3/b19-15+. The van der Waals surface area contributed by atoms with Crippen LogP contribution in [0.4, 0.5) is 5.69 Å². The van der Waals surface area contributed by atoms with Gasteiger partial charge in [-0.1, -0.05) is 54.1 Å². The summed E-state index contributed by atoms with van der Waals surface area (Å²) in [5.74, 6) is 0. The SMILES string of the molecule is C/C(=C\c1ccccc1)CN1CCN(c2cc(C)ccc2C)CC1. The zero-order valence-electron chi connectivity index (χ0n) is 15.1. The van der Waals surface area contributed by atoms with E-state index in [2.05, 4.69) is 85.2 Å². The smallest absolute Gasteiger partial charge is 0.0399 e. The second-order valence-corrected chi connectivity index (χ2v) is 6.95. The molecule has 0 spiro atoms. The molecule has 1 aliphatic rings. The lowest BCUT2D eigenvalue weighted by Gasteiger charge is -2.37. The molecular formula is C22H28N2. The molecular weight excluding hydrogens is 292 g/mol. The van der Waals surface area contributed by atoms with E-state index in [1.807, 2.05) is 0 Å². The van der Waals surface area contributed by atoms with Gasteiger partial charge in [-0.15, -0.1) is 0 Å². The summed E-state index contributed by atoms with van der Waals surface area (Å²) in [4.78, 5) is 5.10. The Labute approximate surface area is 146 Å². The van der Waals surface area contributed by atoms with Gasteiger partial charge in [0.25, 0.3) is 0 Å². The minimum atomic E-state index is 1.07. The number of rotatable bonds is 4. The van der Waals surface area contributed by atoms with Crippen molar-refractivity contribution in [2.45, 2.75) is 20.8 Å². The van der Waals surface area contributed by atoms with Crippen LogP contribution in [-0.4, -0.2) is 37.6 Å². The van der Waals surface area contributed by atoms with E-state index in [9.17, 15) is 0 Å². The van der Waals surface area contributed by atoms with Crippen LogP contribution < -0.4 is 4.90 Å². The summed E-state index contributed by atoms with van der Waals surface area (Å²) in [7, 11) is 0. The quantitative estimate of drug-likeness (QED) is 0.816. The first-order chi connectivity index (χ1) is 11.6. The highest BCUT2D eigenvalue weighted by Gasteiger charge is 2.18. The van der Waals surface area contributed by atoms with Crippen molar-refractivity contribution in [3.8, 4) is 0 Å². The van der Waals surface area contributed by atoms with Crippen molar-refractivity contribution < 1.29 is 0 Å². The fraction of sp³-hybridized carbons (Fsp3) is 0.364. The van der Waals surface area contributed by atoms with E-state index in [0.29, 0.717) is 0 Å². The number of piperazine rings is 1. The lowest BCUT2D eigenvalue weighted by molar-refractivity contribution is 0.278. The van der Waals surface area contributed by atoms with Gasteiger partial charge in [-0.3, -0.25) is 4.90 Å². The van der Waals surface area contributed by atoms with Crippen molar-refractivity contribution in [2.75, 3.05) is 37.6 Å². The van der Waals surface area contributed by atoms with E-state index in [4.69, 9.17) is 0 Å². The molecule has 2 heteroatoms. The predicted molar refractivity (Wildman–Crippen MR) is 105 cm³/mol. The minimum absolute atomic E-state index is 1.07. The third-order valence-electron chi connectivity index (χ3n) is 4.76. The number of nitrogens with zero attached hydrogens (tertiary/aromatic N) is 2. The molecule has 0 aromatic heterocycles. The van der Waals surface area contributed by atoms with Gasteiger partial charge in [-0.25, -0.2) is 0 Å². The molecule has 24 heavy (non-hydrogen) atoms. The van der Waals surface area contributed by atoms with E-state index < -0.39 is 0 Å². The first kappa shape index (κ1) is 16.8. The van der Waals surface area contributed by atoms with Crippen molar-refractivity contribution >= 4 is 11.8 Å². The molecule has 0 atom stereocenters. The van der Waals surface area contributed by atoms with E-state index in [1.165, 1.54) is 28.0 Å². The highest BCUT2D eigenvalue weighted by molar-refractivity contribution is 5.55.